The van der Waals surface area contributed by atoms with E-state index in [1.165, 1.54) is 6.33 Å². The van der Waals surface area contributed by atoms with Crippen molar-refractivity contribution in [2.24, 2.45) is 0 Å². The van der Waals surface area contributed by atoms with Crippen molar-refractivity contribution < 1.29 is 23.8 Å². The topological polar surface area (TPSA) is 148 Å². The van der Waals surface area contributed by atoms with E-state index in [0.717, 1.165) is 5.69 Å². The van der Waals surface area contributed by atoms with Crippen LogP contribution in [0, 0.1) is 0 Å². The van der Waals surface area contributed by atoms with Gasteiger partial charge in [-0.2, -0.15) is 0 Å². The fraction of sp³-hybridized carbons (Fsp3) is 0.318. The van der Waals surface area contributed by atoms with Crippen LogP contribution in [-0.2, 0) is 16.0 Å². The smallest absolute Gasteiger partial charge is 0.423 e. The van der Waals surface area contributed by atoms with Crippen LogP contribution < -0.4 is 15.8 Å². The molecule has 3 N–H and O–H groups in total. The van der Waals surface area contributed by atoms with Gasteiger partial charge in [-0.05, 0) is 32.9 Å². The van der Waals surface area contributed by atoms with E-state index < -0.39 is 17.8 Å². The summed E-state index contributed by atoms with van der Waals surface area (Å²) < 4.78 is 19.4. The van der Waals surface area contributed by atoms with Gasteiger partial charge in [0.05, 0.1) is 23.4 Å². The van der Waals surface area contributed by atoms with Crippen molar-refractivity contribution in [3.05, 3.63) is 37.1 Å². The summed E-state index contributed by atoms with van der Waals surface area (Å²) in [5.74, 6) is -0.0256. The molecule has 0 radical (unpaired) electrons. The highest BCUT2D eigenvalue weighted by molar-refractivity contribution is 5.99. The highest BCUT2D eigenvalue weighted by Gasteiger charge is 2.23. The number of nitrogens with zero attached hydrogens (tertiary/aromatic N) is 5. The summed E-state index contributed by atoms with van der Waals surface area (Å²) in [7, 11) is 1.60. The van der Waals surface area contributed by atoms with Crippen molar-refractivity contribution in [1.29, 1.82) is 0 Å². The second kappa shape index (κ2) is 8.98. The Labute approximate surface area is 194 Å². The highest BCUT2D eigenvalue weighted by atomic mass is 16.6. The average Bonchev–Trinajstić information content (AvgIpc) is 3.38. The molecule has 0 unspecified atom stereocenters. The summed E-state index contributed by atoms with van der Waals surface area (Å²) in [6.45, 7) is 5.99. The van der Waals surface area contributed by atoms with Gasteiger partial charge in [0.15, 0.2) is 5.65 Å². The SMILES string of the molecule is COCCn1cc(-c2ccc(N)c3nccn23)c2c(OC(=O)NC(=O)OC(C)(C)C)ncnc21. The first-order chi connectivity index (χ1) is 16.2. The number of fused-ring (bicyclic) bond motifs is 2. The monoisotopic (exact) mass is 467 g/mol. The molecule has 4 heterocycles. The Balaban J connectivity index is 1.78. The lowest BCUT2D eigenvalue weighted by molar-refractivity contribution is 0.0533. The first-order valence-electron chi connectivity index (χ1n) is 10.4. The van der Waals surface area contributed by atoms with Crippen molar-refractivity contribution in [3.8, 4) is 17.1 Å². The van der Waals surface area contributed by atoms with Crippen LogP contribution in [0.4, 0.5) is 15.3 Å². The molecule has 0 fully saturated rings. The lowest BCUT2D eigenvalue weighted by atomic mass is 10.1. The number of alkyl carbamates (subject to hydrolysis) is 1. The van der Waals surface area contributed by atoms with Crippen LogP contribution in [-0.4, -0.2) is 55.4 Å². The van der Waals surface area contributed by atoms with Gasteiger partial charge in [0.1, 0.15) is 17.6 Å². The molecular weight excluding hydrogens is 442 g/mol. The van der Waals surface area contributed by atoms with Crippen LogP contribution in [0.2, 0.25) is 0 Å². The summed E-state index contributed by atoms with van der Waals surface area (Å²) in [6.07, 6.45) is 4.60. The number of methoxy groups -OCH3 is 1. The van der Waals surface area contributed by atoms with Gasteiger partial charge in [0, 0.05) is 37.8 Å². The zero-order valence-electron chi connectivity index (χ0n) is 19.2. The Hall–Kier alpha value is -4.19. The third-order valence-corrected chi connectivity index (χ3v) is 4.80. The molecule has 0 aliphatic heterocycles. The molecule has 4 aromatic heterocycles. The number of pyridine rings is 1. The van der Waals surface area contributed by atoms with E-state index in [0.29, 0.717) is 41.1 Å². The fourth-order valence-corrected chi connectivity index (χ4v) is 3.48. The Morgan fingerprint density at radius 1 is 1.12 bits per heavy atom. The fourth-order valence-electron chi connectivity index (χ4n) is 3.48. The molecule has 34 heavy (non-hydrogen) atoms. The van der Waals surface area contributed by atoms with Gasteiger partial charge in [0.25, 0.3) is 0 Å². The van der Waals surface area contributed by atoms with E-state index in [1.807, 2.05) is 26.5 Å². The van der Waals surface area contributed by atoms with Gasteiger partial charge in [-0.25, -0.2) is 29.9 Å². The maximum absolute atomic E-state index is 12.4. The number of carbonyl (C=O) groups is 2. The van der Waals surface area contributed by atoms with Gasteiger partial charge in [0.2, 0.25) is 5.88 Å². The number of carbonyl (C=O) groups excluding carboxylic acids is 2. The number of imide groups is 1. The number of nitrogens with one attached hydrogen (secondary N) is 1. The largest absolute Gasteiger partial charge is 0.443 e. The first kappa shape index (κ1) is 23.0. The van der Waals surface area contributed by atoms with Crippen molar-refractivity contribution in [3.63, 3.8) is 0 Å². The second-order valence-corrected chi connectivity index (χ2v) is 8.42. The molecular formula is C22H25N7O5. The summed E-state index contributed by atoms with van der Waals surface area (Å²) in [6, 6.07) is 3.58. The molecule has 2 amide bonds. The molecule has 0 aliphatic rings. The molecule has 0 aliphatic carbocycles. The van der Waals surface area contributed by atoms with Gasteiger partial charge >= 0.3 is 12.2 Å². The molecule has 4 aromatic rings. The number of nitrogens with two attached hydrogens (primary N) is 1. The number of anilines is 1. The molecule has 0 spiro atoms. The first-order valence-corrected chi connectivity index (χ1v) is 10.4. The minimum atomic E-state index is -1.03. The molecule has 0 saturated carbocycles. The maximum atomic E-state index is 12.4. The Morgan fingerprint density at radius 2 is 1.91 bits per heavy atom. The lowest BCUT2D eigenvalue weighted by Gasteiger charge is -2.19. The van der Waals surface area contributed by atoms with E-state index in [2.05, 4.69) is 15.0 Å². The quantitative estimate of drug-likeness (QED) is 0.452. The van der Waals surface area contributed by atoms with E-state index in [4.69, 9.17) is 19.9 Å². The number of ether oxygens (including phenoxy) is 3. The number of rotatable bonds is 5. The van der Waals surface area contributed by atoms with Gasteiger partial charge in [-0.3, -0.25) is 4.40 Å². The molecule has 178 valence electrons. The van der Waals surface area contributed by atoms with Crippen molar-refractivity contribution in [2.75, 3.05) is 19.5 Å². The predicted molar refractivity (Wildman–Crippen MR) is 123 cm³/mol. The number of amides is 2. The van der Waals surface area contributed by atoms with Crippen LogP contribution in [0.3, 0.4) is 0 Å². The third-order valence-electron chi connectivity index (χ3n) is 4.80. The van der Waals surface area contributed by atoms with Gasteiger partial charge in [-0.15, -0.1) is 0 Å². The Kier molecular flexibility index (Phi) is 6.07. The summed E-state index contributed by atoms with van der Waals surface area (Å²) in [5.41, 5.74) is 8.32. The zero-order valence-corrected chi connectivity index (χ0v) is 19.2. The average molecular weight is 467 g/mol. The number of nitrogen functional groups attached to an aromatic ring is 1. The predicted octanol–water partition coefficient (Wildman–Crippen LogP) is 3.00. The number of hydrogen-bond donors (Lipinski definition) is 2. The van der Waals surface area contributed by atoms with E-state index in [1.54, 1.807) is 46.3 Å². The van der Waals surface area contributed by atoms with Crippen LogP contribution in [0.1, 0.15) is 20.8 Å². The molecule has 0 saturated heterocycles. The minimum absolute atomic E-state index is 0.0256. The molecule has 0 bridgehead atoms. The zero-order chi connectivity index (χ0) is 24.5. The third kappa shape index (κ3) is 4.62. The second-order valence-electron chi connectivity index (χ2n) is 8.42. The van der Waals surface area contributed by atoms with Crippen LogP contribution in [0.5, 0.6) is 5.88 Å². The van der Waals surface area contributed by atoms with Crippen LogP contribution >= 0.6 is 0 Å². The summed E-state index contributed by atoms with van der Waals surface area (Å²) >= 11 is 0. The van der Waals surface area contributed by atoms with E-state index in [-0.39, 0.29) is 5.88 Å². The number of hydrogen-bond acceptors (Lipinski definition) is 9. The van der Waals surface area contributed by atoms with Gasteiger partial charge < -0.3 is 24.5 Å². The minimum Gasteiger partial charge on any atom is -0.443 e. The highest BCUT2D eigenvalue weighted by Crippen LogP contribution is 2.36. The van der Waals surface area contributed by atoms with E-state index >= 15 is 0 Å². The van der Waals surface area contributed by atoms with Crippen molar-refractivity contribution in [2.45, 2.75) is 32.9 Å². The van der Waals surface area contributed by atoms with Crippen LogP contribution in [0.25, 0.3) is 27.9 Å². The lowest BCUT2D eigenvalue weighted by Crippen LogP contribution is -2.38. The summed E-state index contributed by atoms with van der Waals surface area (Å²) in [4.78, 5) is 37.3. The maximum Gasteiger partial charge on any atom is 0.423 e. The molecule has 4 rings (SSSR count). The Bertz CT molecular complexity index is 1370. The molecule has 0 aromatic carbocycles. The van der Waals surface area contributed by atoms with Crippen LogP contribution in [0.15, 0.2) is 37.1 Å². The van der Waals surface area contributed by atoms with Crippen molar-refractivity contribution >= 4 is 34.6 Å². The van der Waals surface area contributed by atoms with Crippen molar-refractivity contribution in [1.82, 2.24) is 29.2 Å². The Morgan fingerprint density at radius 3 is 2.65 bits per heavy atom. The van der Waals surface area contributed by atoms with Gasteiger partial charge in [-0.1, -0.05) is 0 Å². The molecule has 12 nitrogen and oxygen atoms in total. The number of imidazole rings is 1. The molecule has 12 heteroatoms. The summed E-state index contributed by atoms with van der Waals surface area (Å²) in [5, 5.41) is 2.51. The molecule has 0 atom stereocenters. The van der Waals surface area contributed by atoms with E-state index in [9.17, 15) is 9.59 Å². The standard InChI is InChI=1S/C22H25N7O5/c1-22(2,3)34-21(31)27-20(30)33-19-16-13(11-28(9-10-32-4)18(16)25-12-26-19)15-6-5-14(23)17-24-7-8-29(15)17/h5-8,11-12H,9-10,23H2,1-4H3,(H,27,30,31). The number of aromatic nitrogens is 5. The normalized spacial score (nSPS) is 11.6.